The van der Waals surface area contributed by atoms with Gasteiger partial charge < -0.3 is 9.64 Å². The van der Waals surface area contributed by atoms with Crippen LogP contribution in [0.5, 0.6) is 5.75 Å². The maximum Gasteiger partial charge on any atom is 0.179 e. The zero-order valence-corrected chi connectivity index (χ0v) is 14.6. The second kappa shape index (κ2) is 6.57. The largest absolute Gasteiger partial charge is 0.485 e. The van der Waals surface area contributed by atoms with Crippen molar-refractivity contribution in [1.29, 1.82) is 5.26 Å². The molecule has 0 unspecified atom stereocenters. The van der Waals surface area contributed by atoms with Gasteiger partial charge in [-0.25, -0.2) is 0 Å². The van der Waals surface area contributed by atoms with E-state index in [-0.39, 0.29) is 24.3 Å². The minimum Gasteiger partial charge on any atom is -0.485 e. The molecule has 5 heteroatoms. The molecule has 0 saturated carbocycles. The van der Waals surface area contributed by atoms with E-state index in [9.17, 15) is 10.1 Å². The molecule has 2 heterocycles. The number of carbonyl (C=O) groups excluding carboxylic acids is 1. The van der Waals surface area contributed by atoms with Crippen molar-refractivity contribution < 1.29 is 9.53 Å². The molecule has 128 valence electrons. The molecule has 2 fully saturated rings. The highest BCUT2D eigenvalue weighted by molar-refractivity contribution is 6.35. The van der Waals surface area contributed by atoms with Gasteiger partial charge in [0.25, 0.3) is 0 Å². The number of hydrogen-bond acceptors (Lipinski definition) is 4. The summed E-state index contributed by atoms with van der Waals surface area (Å²) in [6.07, 6.45) is 5.84. The Morgan fingerprint density at radius 3 is 2.80 bits per heavy atom. The molecule has 4 nitrogen and oxygen atoms in total. The van der Waals surface area contributed by atoms with E-state index in [0.717, 1.165) is 30.0 Å². The van der Waals surface area contributed by atoms with E-state index in [1.54, 1.807) is 6.07 Å². The first-order valence-corrected chi connectivity index (χ1v) is 9.05. The number of ketones is 1. The number of rotatable bonds is 5. The summed E-state index contributed by atoms with van der Waals surface area (Å²) in [5.74, 6) is 1.06. The van der Waals surface area contributed by atoms with Gasteiger partial charge in [-0.2, -0.15) is 5.26 Å². The molecule has 25 heavy (non-hydrogen) atoms. The summed E-state index contributed by atoms with van der Waals surface area (Å²) in [6.45, 7) is 0.0616. The molecule has 0 radical (unpaired) electrons. The predicted octanol–water partition coefficient (Wildman–Crippen LogP) is 4.17. The maximum absolute atomic E-state index is 12.4. The molecule has 3 atom stereocenters. The van der Waals surface area contributed by atoms with E-state index in [0.29, 0.717) is 23.2 Å². The third-order valence-electron chi connectivity index (χ3n) is 5.49. The normalized spacial score (nSPS) is 24.5. The van der Waals surface area contributed by atoms with Crippen LogP contribution in [-0.4, -0.2) is 29.4 Å². The zero-order chi connectivity index (χ0) is 17.4. The molecule has 2 aromatic rings. The van der Waals surface area contributed by atoms with E-state index < -0.39 is 0 Å². The fourth-order valence-electron chi connectivity index (χ4n) is 4.36. The molecule has 2 saturated heterocycles. The van der Waals surface area contributed by atoms with E-state index in [1.165, 1.54) is 0 Å². The van der Waals surface area contributed by atoms with Gasteiger partial charge in [0.2, 0.25) is 0 Å². The Hall–Kier alpha value is -2.25. The third-order valence-corrected chi connectivity index (χ3v) is 5.82. The highest BCUT2D eigenvalue weighted by atomic mass is 35.5. The number of nitriles is 1. The fraction of sp³-hybridized carbons (Fsp3) is 0.400. The quantitative estimate of drug-likeness (QED) is 0.756. The average Bonchev–Trinajstić information content (AvgIpc) is 3.18. The van der Waals surface area contributed by atoms with Gasteiger partial charge >= 0.3 is 0 Å². The van der Waals surface area contributed by atoms with E-state index in [2.05, 4.69) is 6.19 Å². The van der Waals surface area contributed by atoms with Crippen molar-refractivity contribution in [1.82, 2.24) is 4.90 Å². The number of fused-ring (bicyclic) bond motifs is 3. The van der Waals surface area contributed by atoms with Crippen LogP contribution in [0.25, 0.3) is 10.8 Å². The van der Waals surface area contributed by atoms with E-state index in [4.69, 9.17) is 16.3 Å². The van der Waals surface area contributed by atoms with Gasteiger partial charge in [0.15, 0.2) is 12.0 Å². The third kappa shape index (κ3) is 2.94. The van der Waals surface area contributed by atoms with Crippen molar-refractivity contribution in [2.45, 2.75) is 37.8 Å². The maximum atomic E-state index is 12.4. The van der Waals surface area contributed by atoms with Crippen molar-refractivity contribution in [3.8, 4) is 11.9 Å². The van der Waals surface area contributed by atoms with Crippen LogP contribution in [0.4, 0.5) is 0 Å². The van der Waals surface area contributed by atoms with Crippen LogP contribution in [0.15, 0.2) is 36.4 Å². The van der Waals surface area contributed by atoms with Crippen molar-refractivity contribution in [2.24, 2.45) is 5.92 Å². The van der Waals surface area contributed by atoms with Gasteiger partial charge in [-0.3, -0.25) is 4.79 Å². The number of carbonyl (C=O) groups is 1. The predicted molar refractivity (Wildman–Crippen MR) is 96.4 cm³/mol. The van der Waals surface area contributed by atoms with Crippen LogP contribution < -0.4 is 4.74 Å². The molecule has 0 aromatic heterocycles. The second-order valence-corrected chi connectivity index (χ2v) is 7.33. The average molecular weight is 355 g/mol. The Morgan fingerprint density at radius 1 is 1.24 bits per heavy atom. The van der Waals surface area contributed by atoms with Crippen LogP contribution in [0.2, 0.25) is 5.02 Å². The van der Waals surface area contributed by atoms with Gasteiger partial charge in [0, 0.05) is 34.3 Å². The minimum atomic E-state index is 0.0616. The molecule has 0 spiro atoms. The molecule has 0 amide bonds. The van der Waals surface area contributed by atoms with Crippen molar-refractivity contribution >= 4 is 28.2 Å². The standard InChI is InChI=1S/C20H19ClN2O2/c21-18-6-8-20(17-4-2-1-3-16(17)18)25-11-15(24)10-13-9-14-5-7-19(13)23(14)12-22/h1-4,6,8,13-14,19H,5,7,9-11H2/t13-,14-,19+/m1/s1. The lowest BCUT2D eigenvalue weighted by Gasteiger charge is -2.20. The number of nitrogens with zero attached hydrogens (tertiary/aromatic N) is 2. The van der Waals surface area contributed by atoms with Crippen LogP contribution in [0.3, 0.4) is 0 Å². The number of Topliss-reactive ketones (excluding diaryl/α,β-unsaturated/α-hetero) is 1. The first-order valence-electron chi connectivity index (χ1n) is 8.67. The van der Waals surface area contributed by atoms with Gasteiger partial charge in [-0.15, -0.1) is 0 Å². The molecule has 2 aromatic carbocycles. The first kappa shape index (κ1) is 16.2. The molecule has 0 N–H and O–H groups in total. The molecule has 4 rings (SSSR count). The van der Waals surface area contributed by atoms with Crippen molar-refractivity contribution in [3.05, 3.63) is 41.4 Å². The number of halogens is 1. The fourth-order valence-corrected chi connectivity index (χ4v) is 4.59. The Morgan fingerprint density at radius 2 is 2.04 bits per heavy atom. The molecular formula is C20H19ClN2O2. The zero-order valence-electron chi connectivity index (χ0n) is 13.8. The molecule has 2 bridgehead atoms. The lowest BCUT2D eigenvalue weighted by molar-refractivity contribution is -0.122. The van der Waals surface area contributed by atoms with Crippen molar-refractivity contribution in [3.63, 3.8) is 0 Å². The topological polar surface area (TPSA) is 53.3 Å². The van der Waals surface area contributed by atoms with Gasteiger partial charge in [0.1, 0.15) is 12.4 Å². The highest BCUT2D eigenvalue weighted by Gasteiger charge is 2.46. The Bertz CT molecular complexity index is 860. The molecule has 2 aliphatic heterocycles. The van der Waals surface area contributed by atoms with Crippen molar-refractivity contribution in [2.75, 3.05) is 6.61 Å². The Kier molecular flexibility index (Phi) is 4.27. The smallest absolute Gasteiger partial charge is 0.179 e. The van der Waals surface area contributed by atoms with Crippen LogP contribution in [-0.2, 0) is 4.79 Å². The van der Waals surface area contributed by atoms with Crippen LogP contribution in [0.1, 0.15) is 25.7 Å². The summed E-state index contributed by atoms with van der Waals surface area (Å²) >= 11 is 6.22. The summed E-state index contributed by atoms with van der Waals surface area (Å²) in [6, 6.07) is 11.9. The van der Waals surface area contributed by atoms with Gasteiger partial charge in [0.05, 0.1) is 0 Å². The van der Waals surface area contributed by atoms with Gasteiger partial charge in [-0.05, 0) is 37.3 Å². The lowest BCUT2D eigenvalue weighted by Crippen LogP contribution is -2.27. The highest BCUT2D eigenvalue weighted by Crippen LogP contribution is 2.42. The van der Waals surface area contributed by atoms with Crippen LogP contribution in [0, 0.1) is 17.4 Å². The Balaban J connectivity index is 1.40. The SMILES string of the molecule is N#CN1[C@@H]2CC[C@H]1[C@@H](CC(=O)COc1ccc(Cl)c3ccccc13)C2. The monoisotopic (exact) mass is 354 g/mol. The molecule has 2 aliphatic rings. The van der Waals surface area contributed by atoms with E-state index in [1.807, 2.05) is 35.2 Å². The number of ether oxygens (including phenoxy) is 1. The lowest BCUT2D eigenvalue weighted by atomic mass is 9.86. The summed E-state index contributed by atoms with van der Waals surface area (Å²) in [5.41, 5.74) is 0. The number of hydrogen-bond donors (Lipinski definition) is 0. The van der Waals surface area contributed by atoms with E-state index >= 15 is 0 Å². The molecular weight excluding hydrogens is 336 g/mol. The second-order valence-electron chi connectivity index (χ2n) is 6.92. The summed E-state index contributed by atoms with van der Waals surface area (Å²) < 4.78 is 5.79. The summed E-state index contributed by atoms with van der Waals surface area (Å²) in [4.78, 5) is 14.3. The summed E-state index contributed by atoms with van der Waals surface area (Å²) in [7, 11) is 0. The Labute approximate surface area is 151 Å². The molecule has 0 aliphatic carbocycles. The van der Waals surface area contributed by atoms with Crippen LogP contribution >= 0.6 is 11.6 Å². The first-order chi connectivity index (χ1) is 12.2. The summed E-state index contributed by atoms with van der Waals surface area (Å²) in [5, 5.41) is 11.7. The van der Waals surface area contributed by atoms with Gasteiger partial charge in [-0.1, -0.05) is 35.9 Å². The number of benzene rings is 2. The minimum absolute atomic E-state index is 0.0616.